The molecular formula is C13H15N5O. The van der Waals surface area contributed by atoms with Gasteiger partial charge in [-0.25, -0.2) is 9.20 Å². The summed E-state index contributed by atoms with van der Waals surface area (Å²) in [4.78, 5) is 14.2. The van der Waals surface area contributed by atoms with Crippen LogP contribution in [0, 0.1) is 0 Å². The highest BCUT2D eigenvalue weighted by molar-refractivity contribution is 5.57. The Morgan fingerprint density at radius 1 is 1.21 bits per heavy atom. The number of aromatic nitrogens is 5. The molecule has 6 heteroatoms. The van der Waals surface area contributed by atoms with Crippen LogP contribution in [-0.4, -0.2) is 24.4 Å². The van der Waals surface area contributed by atoms with Crippen molar-refractivity contribution in [3.8, 4) is 5.69 Å². The van der Waals surface area contributed by atoms with E-state index in [9.17, 15) is 4.79 Å². The molecule has 0 saturated heterocycles. The molecule has 0 bridgehead atoms. The van der Waals surface area contributed by atoms with Crippen LogP contribution in [0.4, 0.5) is 0 Å². The number of nitrogens with one attached hydrogen (secondary N) is 1. The van der Waals surface area contributed by atoms with Crippen LogP contribution < -0.4 is 5.56 Å². The maximum absolute atomic E-state index is 11.4. The van der Waals surface area contributed by atoms with E-state index in [0.717, 1.165) is 11.3 Å². The second kappa shape index (κ2) is 3.81. The van der Waals surface area contributed by atoms with Gasteiger partial charge in [-0.1, -0.05) is 20.8 Å². The minimum absolute atomic E-state index is 0.0363. The van der Waals surface area contributed by atoms with Crippen LogP contribution in [0.5, 0.6) is 0 Å². The van der Waals surface area contributed by atoms with Gasteiger partial charge in [0.1, 0.15) is 5.69 Å². The summed E-state index contributed by atoms with van der Waals surface area (Å²) >= 11 is 0. The number of nitrogens with zero attached hydrogens (tertiary/aromatic N) is 4. The molecule has 0 saturated carbocycles. The summed E-state index contributed by atoms with van der Waals surface area (Å²) < 4.78 is 3.36. The normalized spacial score (nSPS) is 12.2. The number of rotatable bonds is 1. The zero-order chi connectivity index (χ0) is 13.6. The number of hydrogen-bond donors (Lipinski definition) is 1. The second-order valence-electron chi connectivity index (χ2n) is 5.55. The molecule has 3 heterocycles. The highest BCUT2D eigenvalue weighted by Crippen LogP contribution is 2.22. The second-order valence-corrected chi connectivity index (χ2v) is 5.55. The molecule has 0 aliphatic heterocycles. The first kappa shape index (κ1) is 11.7. The number of H-pyrrole nitrogens is 1. The van der Waals surface area contributed by atoms with Gasteiger partial charge in [-0.3, -0.25) is 4.79 Å². The van der Waals surface area contributed by atoms with Crippen molar-refractivity contribution in [3.63, 3.8) is 0 Å². The van der Waals surface area contributed by atoms with Gasteiger partial charge < -0.3 is 4.98 Å². The van der Waals surface area contributed by atoms with Crippen LogP contribution in [0.3, 0.4) is 0 Å². The Kier molecular flexibility index (Phi) is 2.35. The fourth-order valence-corrected chi connectivity index (χ4v) is 1.89. The van der Waals surface area contributed by atoms with Gasteiger partial charge in [0.25, 0.3) is 5.56 Å². The van der Waals surface area contributed by atoms with Gasteiger partial charge in [0.15, 0.2) is 5.65 Å². The van der Waals surface area contributed by atoms with Crippen molar-refractivity contribution in [1.29, 1.82) is 0 Å². The summed E-state index contributed by atoms with van der Waals surface area (Å²) in [5.41, 5.74) is 2.40. The third-order valence-corrected chi connectivity index (χ3v) is 3.08. The van der Waals surface area contributed by atoms with E-state index in [1.165, 1.54) is 6.07 Å². The summed E-state index contributed by atoms with van der Waals surface area (Å²) in [7, 11) is 0. The van der Waals surface area contributed by atoms with Gasteiger partial charge in [-0.2, -0.15) is 10.2 Å². The van der Waals surface area contributed by atoms with Crippen molar-refractivity contribution in [3.05, 3.63) is 46.8 Å². The van der Waals surface area contributed by atoms with Gasteiger partial charge in [0.05, 0.1) is 12.4 Å². The average molecular weight is 257 g/mol. The quantitative estimate of drug-likeness (QED) is 0.718. The monoisotopic (exact) mass is 257 g/mol. The van der Waals surface area contributed by atoms with E-state index >= 15 is 0 Å². The molecule has 0 aliphatic carbocycles. The van der Waals surface area contributed by atoms with Gasteiger partial charge in [-0.05, 0) is 11.0 Å². The molecule has 6 nitrogen and oxygen atoms in total. The lowest BCUT2D eigenvalue weighted by atomic mass is 9.90. The molecular weight excluding hydrogens is 242 g/mol. The Labute approximate surface area is 109 Å². The van der Waals surface area contributed by atoms with Crippen LogP contribution in [0.2, 0.25) is 0 Å². The average Bonchev–Trinajstić information content (AvgIpc) is 2.92. The molecule has 0 radical (unpaired) electrons. The Morgan fingerprint density at radius 3 is 2.68 bits per heavy atom. The number of aromatic amines is 1. The molecule has 0 amide bonds. The Morgan fingerprint density at radius 2 is 2.00 bits per heavy atom. The predicted molar refractivity (Wildman–Crippen MR) is 71.6 cm³/mol. The number of fused-ring (bicyclic) bond motifs is 1. The van der Waals surface area contributed by atoms with E-state index in [-0.39, 0.29) is 11.0 Å². The Bertz CT molecular complexity index is 787. The van der Waals surface area contributed by atoms with Crippen molar-refractivity contribution in [1.82, 2.24) is 24.4 Å². The molecule has 1 N–H and O–H groups in total. The molecule has 0 aliphatic rings. The maximum atomic E-state index is 11.4. The van der Waals surface area contributed by atoms with Gasteiger partial charge >= 0.3 is 0 Å². The molecule has 19 heavy (non-hydrogen) atoms. The standard InChI is InChI=1S/C13H15N5O/c1-13(2,3)9-6-14-18(8-9)10-7-15-17-5-4-11(19)16-12(10)17/h4-8H,1-3H3,(H,16,19). The number of hydrogen-bond acceptors (Lipinski definition) is 3. The van der Waals surface area contributed by atoms with Crippen molar-refractivity contribution in [2.24, 2.45) is 0 Å². The van der Waals surface area contributed by atoms with E-state index in [0.29, 0.717) is 5.65 Å². The molecule has 0 aromatic carbocycles. The molecule has 0 fully saturated rings. The molecule has 3 aromatic rings. The smallest absolute Gasteiger partial charge is 0.251 e. The summed E-state index contributed by atoms with van der Waals surface area (Å²) in [5.74, 6) is 0. The van der Waals surface area contributed by atoms with Crippen LogP contribution >= 0.6 is 0 Å². The highest BCUT2D eigenvalue weighted by Gasteiger charge is 2.17. The zero-order valence-electron chi connectivity index (χ0n) is 11.1. The zero-order valence-corrected chi connectivity index (χ0v) is 11.1. The molecule has 98 valence electrons. The molecule has 0 unspecified atom stereocenters. The first-order valence-corrected chi connectivity index (χ1v) is 6.07. The maximum Gasteiger partial charge on any atom is 0.251 e. The van der Waals surface area contributed by atoms with Crippen molar-refractivity contribution in [2.75, 3.05) is 0 Å². The van der Waals surface area contributed by atoms with Gasteiger partial charge in [0, 0.05) is 18.5 Å². The van der Waals surface area contributed by atoms with E-state index < -0.39 is 0 Å². The molecule has 0 atom stereocenters. The largest absolute Gasteiger partial charge is 0.305 e. The van der Waals surface area contributed by atoms with Crippen LogP contribution in [-0.2, 0) is 5.41 Å². The minimum Gasteiger partial charge on any atom is -0.305 e. The summed E-state index contributed by atoms with van der Waals surface area (Å²) in [6.45, 7) is 6.39. The fourth-order valence-electron chi connectivity index (χ4n) is 1.89. The van der Waals surface area contributed by atoms with Crippen LogP contribution in [0.1, 0.15) is 26.3 Å². The van der Waals surface area contributed by atoms with Gasteiger partial charge in [-0.15, -0.1) is 0 Å². The summed E-state index contributed by atoms with van der Waals surface area (Å²) in [5, 5.41) is 8.54. The lowest BCUT2D eigenvalue weighted by Gasteiger charge is -2.14. The molecule has 3 aromatic heterocycles. The first-order chi connectivity index (χ1) is 8.95. The fraction of sp³-hybridized carbons (Fsp3) is 0.308. The third kappa shape index (κ3) is 1.95. The topological polar surface area (TPSA) is 68.0 Å². The molecule has 0 spiro atoms. The van der Waals surface area contributed by atoms with Crippen LogP contribution in [0.15, 0.2) is 35.6 Å². The lowest BCUT2D eigenvalue weighted by Crippen LogP contribution is -2.09. The minimum atomic E-state index is -0.155. The summed E-state index contributed by atoms with van der Waals surface area (Å²) in [6.07, 6.45) is 7.11. The Balaban J connectivity index is 2.17. The summed E-state index contributed by atoms with van der Waals surface area (Å²) in [6, 6.07) is 1.44. The van der Waals surface area contributed by atoms with E-state index in [1.54, 1.807) is 21.6 Å². The SMILES string of the molecule is CC(C)(C)c1cnn(-c2cnn3ccc(=O)[nH]c23)c1. The van der Waals surface area contributed by atoms with E-state index in [2.05, 4.69) is 36.0 Å². The van der Waals surface area contributed by atoms with E-state index in [4.69, 9.17) is 0 Å². The van der Waals surface area contributed by atoms with Crippen LogP contribution in [0.25, 0.3) is 11.3 Å². The first-order valence-electron chi connectivity index (χ1n) is 6.07. The van der Waals surface area contributed by atoms with Crippen molar-refractivity contribution >= 4 is 5.65 Å². The Hall–Kier alpha value is -2.37. The highest BCUT2D eigenvalue weighted by atomic mass is 16.1. The van der Waals surface area contributed by atoms with Crippen molar-refractivity contribution in [2.45, 2.75) is 26.2 Å². The third-order valence-electron chi connectivity index (χ3n) is 3.08. The van der Waals surface area contributed by atoms with E-state index in [1.807, 2.05) is 12.4 Å². The van der Waals surface area contributed by atoms with Crippen molar-refractivity contribution < 1.29 is 0 Å². The lowest BCUT2D eigenvalue weighted by molar-refractivity contribution is 0.590. The molecule has 3 rings (SSSR count). The predicted octanol–water partition coefficient (Wildman–Crippen LogP) is 1.51. The van der Waals surface area contributed by atoms with Gasteiger partial charge in [0.2, 0.25) is 0 Å².